The van der Waals surface area contributed by atoms with Gasteiger partial charge in [-0.25, -0.2) is 0 Å². The lowest BCUT2D eigenvalue weighted by atomic mass is 10.2. The van der Waals surface area contributed by atoms with Crippen LogP contribution in [-0.4, -0.2) is 36.6 Å². The number of ether oxygens (including phenoxy) is 1. The van der Waals surface area contributed by atoms with Gasteiger partial charge in [0.1, 0.15) is 6.10 Å². The van der Waals surface area contributed by atoms with E-state index >= 15 is 0 Å². The first-order chi connectivity index (χ1) is 7.27. The minimum absolute atomic E-state index is 0.0914. The van der Waals surface area contributed by atoms with E-state index in [0.717, 1.165) is 12.2 Å². The van der Waals surface area contributed by atoms with Crippen LogP contribution >= 0.6 is 0 Å². The Labute approximate surface area is 88.9 Å². The molecule has 1 fully saturated rings. The van der Waals surface area contributed by atoms with Crippen molar-refractivity contribution in [1.82, 2.24) is 4.98 Å². The third-order valence-electron chi connectivity index (χ3n) is 2.55. The van der Waals surface area contributed by atoms with Crippen molar-refractivity contribution in [3.63, 3.8) is 0 Å². The molecular weight excluding hydrogens is 192 g/mol. The van der Waals surface area contributed by atoms with Crippen LogP contribution < -0.4 is 4.90 Å². The Bertz CT molecular complexity index is 340. The molecule has 0 aliphatic carbocycles. The third kappa shape index (κ3) is 2.33. The fraction of sp³-hybridized carbons (Fsp3) is 0.455. The summed E-state index contributed by atoms with van der Waals surface area (Å²) in [4.78, 5) is 17.3. The number of anilines is 1. The van der Waals surface area contributed by atoms with Gasteiger partial charge in [-0.05, 0) is 19.1 Å². The van der Waals surface area contributed by atoms with Gasteiger partial charge in [0.15, 0.2) is 5.78 Å². The number of carbonyl (C=O) groups is 1. The maximum absolute atomic E-state index is 11.2. The van der Waals surface area contributed by atoms with Crippen molar-refractivity contribution in [3.8, 4) is 0 Å². The molecule has 1 saturated heterocycles. The Balaban J connectivity index is 2.08. The first-order valence-corrected chi connectivity index (χ1v) is 5.04. The molecule has 0 N–H and O–H groups in total. The standard InChI is InChI=1S/C11H14N2O2/c1-9(14)11-8-13(6-7-15-11)10-2-4-12-5-3-10/h2-5,11H,6-8H2,1H3/t11-/m1/s1. The molecule has 4 nitrogen and oxygen atoms in total. The van der Waals surface area contributed by atoms with Gasteiger partial charge >= 0.3 is 0 Å². The summed E-state index contributed by atoms with van der Waals surface area (Å²) in [6.07, 6.45) is 3.23. The number of rotatable bonds is 2. The summed E-state index contributed by atoms with van der Waals surface area (Å²) in [6, 6.07) is 3.89. The molecule has 2 heterocycles. The van der Waals surface area contributed by atoms with Crippen LogP contribution in [0.2, 0.25) is 0 Å². The Morgan fingerprint density at radius 2 is 2.27 bits per heavy atom. The summed E-state index contributed by atoms with van der Waals surface area (Å²) < 4.78 is 5.38. The first-order valence-electron chi connectivity index (χ1n) is 5.04. The molecule has 1 aromatic heterocycles. The van der Waals surface area contributed by atoms with Crippen LogP contribution in [0.15, 0.2) is 24.5 Å². The summed E-state index contributed by atoms with van der Waals surface area (Å²) in [5.41, 5.74) is 1.10. The number of ketones is 1. The second-order valence-corrected chi connectivity index (χ2v) is 3.62. The molecule has 4 heteroatoms. The highest BCUT2D eigenvalue weighted by molar-refractivity contribution is 5.81. The molecule has 0 spiro atoms. The van der Waals surface area contributed by atoms with Gasteiger partial charge in [-0.2, -0.15) is 0 Å². The van der Waals surface area contributed by atoms with Gasteiger partial charge in [-0.15, -0.1) is 0 Å². The van der Waals surface area contributed by atoms with Crippen LogP contribution in [0, 0.1) is 0 Å². The predicted molar refractivity (Wildman–Crippen MR) is 56.9 cm³/mol. The minimum atomic E-state index is -0.285. The second-order valence-electron chi connectivity index (χ2n) is 3.62. The van der Waals surface area contributed by atoms with Crippen LogP contribution in [0.1, 0.15) is 6.92 Å². The molecule has 0 bridgehead atoms. The molecule has 0 amide bonds. The molecule has 0 radical (unpaired) electrons. The van der Waals surface area contributed by atoms with Crippen LogP contribution in [0.3, 0.4) is 0 Å². The lowest BCUT2D eigenvalue weighted by molar-refractivity contribution is -0.128. The van der Waals surface area contributed by atoms with Gasteiger partial charge in [0, 0.05) is 24.6 Å². The van der Waals surface area contributed by atoms with E-state index in [1.54, 1.807) is 19.3 Å². The van der Waals surface area contributed by atoms with Crippen molar-refractivity contribution >= 4 is 11.5 Å². The summed E-state index contributed by atoms with van der Waals surface area (Å²) in [6.45, 7) is 3.64. The number of nitrogens with zero attached hydrogens (tertiary/aromatic N) is 2. The highest BCUT2D eigenvalue weighted by Gasteiger charge is 2.23. The van der Waals surface area contributed by atoms with E-state index in [1.807, 2.05) is 12.1 Å². The molecule has 1 aliphatic heterocycles. The van der Waals surface area contributed by atoms with E-state index in [0.29, 0.717) is 13.2 Å². The molecule has 0 saturated carbocycles. The number of hydrogen-bond donors (Lipinski definition) is 0. The van der Waals surface area contributed by atoms with E-state index in [1.165, 1.54) is 0 Å². The summed E-state index contributed by atoms with van der Waals surface area (Å²) in [5, 5.41) is 0. The van der Waals surface area contributed by atoms with Gasteiger partial charge < -0.3 is 9.64 Å². The van der Waals surface area contributed by atoms with E-state index in [2.05, 4.69) is 9.88 Å². The molecule has 15 heavy (non-hydrogen) atoms. The molecule has 0 aromatic carbocycles. The van der Waals surface area contributed by atoms with Crippen molar-refractivity contribution in [3.05, 3.63) is 24.5 Å². The number of aromatic nitrogens is 1. The Kier molecular flexibility index (Phi) is 2.97. The SMILES string of the molecule is CC(=O)[C@H]1CN(c2ccncc2)CCO1. The van der Waals surface area contributed by atoms with Crippen LogP contribution in [0.25, 0.3) is 0 Å². The first kappa shape index (κ1) is 10.1. The van der Waals surface area contributed by atoms with Gasteiger partial charge in [0.2, 0.25) is 0 Å². The number of carbonyl (C=O) groups excluding carboxylic acids is 1. The quantitative estimate of drug-likeness (QED) is 0.720. The minimum Gasteiger partial charge on any atom is -0.367 e. The zero-order chi connectivity index (χ0) is 10.7. The Hall–Kier alpha value is -1.42. The molecule has 80 valence electrons. The Morgan fingerprint density at radius 3 is 2.93 bits per heavy atom. The smallest absolute Gasteiger partial charge is 0.160 e. The maximum atomic E-state index is 11.2. The number of Topliss-reactive ketones (excluding diaryl/α,β-unsaturated/α-hetero) is 1. The van der Waals surface area contributed by atoms with Crippen molar-refractivity contribution in [1.29, 1.82) is 0 Å². The predicted octanol–water partition coefficient (Wildman–Crippen LogP) is 0.876. The average molecular weight is 206 g/mol. The molecule has 1 aromatic rings. The lowest BCUT2D eigenvalue weighted by Gasteiger charge is -2.33. The highest BCUT2D eigenvalue weighted by atomic mass is 16.5. The second kappa shape index (κ2) is 4.40. The highest BCUT2D eigenvalue weighted by Crippen LogP contribution is 2.16. The maximum Gasteiger partial charge on any atom is 0.160 e. The van der Waals surface area contributed by atoms with Crippen molar-refractivity contribution in [2.24, 2.45) is 0 Å². The van der Waals surface area contributed by atoms with Gasteiger partial charge in [-0.3, -0.25) is 9.78 Å². The summed E-state index contributed by atoms with van der Waals surface area (Å²) in [5.74, 6) is 0.0914. The number of morpholine rings is 1. The molecule has 0 unspecified atom stereocenters. The van der Waals surface area contributed by atoms with Crippen LogP contribution in [0.4, 0.5) is 5.69 Å². The largest absolute Gasteiger partial charge is 0.367 e. The molecule has 2 rings (SSSR count). The third-order valence-corrected chi connectivity index (χ3v) is 2.55. The number of hydrogen-bond acceptors (Lipinski definition) is 4. The zero-order valence-electron chi connectivity index (χ0n) is 8.72. The Morgan fingerprint density at radius 1 is 1.53 bits per heavy atom. The van der Waals surface area contributed by atoms with E-state index < -0.39 is 0 Å². The summed E-state index contributed by atoms with van der Waals surface area (Å²) in [7, 11) is 0. The molecular formula is C11H14N2O2. The number of pyridine rings is 1. The normalized spacial score (nSPS) is 21.4. The van der Waals surface area contributed by atoms with Crippen molar-refractivity contribution in [2.75, 3.05) is 24.6 Å². The average Bonchev–Trinajstić information content (AvgIpc) is 2.30. The summed E-state index contributed by atoms with van der Waals surface area (Å²) >= 11 is 0. The van der Waals surface area contributed by atoms with E-state index in [4.69, 9.17) is 4.74 Å². The van der Waals surface area contributed by atoms with Crippen LogP contribution in [0.5, 0.6) is 0 Å². The topological polar surface area (TPSA) is 42.4 Å². The zero-order valence-corrected chi connectivity index (χ0v) is 8.72. The lowest BCUT2D eigenvalue weighted by Crippen LogP contribution is -2.45. The molecule has 1 aliphatic rings. The fourth-order valence-electron chi connectivity index (χ4n) is 1.68. The van der Waals surface area contributed by atoms with Gasteiger partial charge in [0.05, 0.1) is 13.2 Å². The van der Waals surface area contributed by atoms with Crippen LogP contribution in [-0.2, 0) is 9.53 Å². The van der Waals surface area contributed by atoms with Gasteiger partial charge in [-0.1, -0.05) is 0 Å². The monoisotopic (exact) mass is 206 g/mol. The van der Waals surface area contributed by atoms with Crippen molar-refractivity contribution in [2.45, 2.75) is 13.0 Å². The van der Waals surface area contributed by atoms with E-state index in [-0.39, 0.29) is 11.9 Å². The van der Waals surface area contributed by atoms with E-state index in [9.17, 15) is 4.79 Å². The molecule has 1 atom stereocenters. The van der Waals surface area contributed by atoms with Crippen molar-refractivity contribution < 1.29 is 9.53 Å². The fourth-order valence-corrected chi connectivity index (χ4v) is 1.68. The van der Waals surface area contributed by atoms with Gasteiger partial charge in [0.25, 0.3) is 0 Å².